The van der Waals surface area contributed by atoms with Crippen LogP contribution in [0.15, 0.2) is 12.3 Å². The van der Waals surface area contributed by atoms with E-state index in [-0.39, 0.29) is 0 Å². The Balaban J connectivity index is 2.16. The molecule has 1 heterocycles. The topological polar surface area (TPSA) is 77.2 Å². The number of aromatic nitrogens is 1. The molecule has 0 spiro atoms. The third-order valence-electron chi connectivity index (χ3n) is 3.79. The van der Waals surface area contributed by atoms with Gasteiger partial charge in [0.1, 0.15) is 11.4 Å². The van der Waals surface area contributed by atoms with Crippen molar-refractivity contribution in [2.75, 3.05) is 18.2 Å². The molecule has 1 atom stereocenters. The van der Waals surface area contributed by atoms with E-state index in [4.69, 9.17) is 10.5 Å². The molecule has 0 aromatic carbocycles. The van der Waals surface area contributed by atoms with E-state index >= 15 is 0 Å². The largest absolute Gasteiger partial charge is 0.465 e. The molecule has 104 valence electrons. The molecule has 5 nitrogen and oxygen atoms in total. The second-order valence-corrected chi connectivity index (χ2v) is 5.13. The fourth-order valence-corrected chi connectivity index (χ4v) is 2.65. The van der Waals surface area contributed by atoms with Gasteiger partial charge in [0.05, 0.1) is 19.0 Å². The lowest BCUT2D eigenvalue weighted by atomic mass is 9.99. The molecule has 1 aliphatic rings. The number of ether oxygens (including phenoxy) is 1. The fourth-order valence-electron chi connectivity index (χ4n) is 2.65. The number of nitrogens with one attached hydrogen (secondary N) is 1. The van der Waals surface area contributed by atoms with Crippen molar-refractivity contribution in [2.45, 2.75) is 38.6 Å². The molecule has 5 heteroatoms. The van der Waals surface area contributed by atoms with Gasteiger partial charge in [0.2, 0.25) is 0 Å². The number of hydrogen-bond acceptors (Lipinski definition) is 5. The minimum Gasteiger partial charge on any atom is -0.465 e. The number of carbonyl (C=O) groups excluding carboxylic acids is 1. The van der Waals surface area contributed by atoms with Gasteiger partial charge in [-0.2, -0.15) is 0 Å². The molecule has 0 radical (unpaired) electrons. The Labute approximate surface area is 113 Å². The van der Waals surface area contributed by atoms with Gasteiger partial charge in [0.25, 0.3) is 0 Å². The summed E-state index contributed by atoms with van der Waals surface area (Å²) in [6.07, 6.45) is 6.59. The predicted molar refractivity (Wildman–Crippen MR) is 75.0 cm³/mol. The van der Waals surface area contributed by atoms with Crippen molar-refractivity contribution in [3.8, 4) is 0 Å². The van der Waals surface area contributed by atoms with Crippen molar-refractivity contribution >= 4 is 17.5 Å². The lowest BCUT2D eigenvalue weighted by molar-refractivity contribution is 0.0601. The first-order valence-electron chi connectivity index (χ1n) is 6.72. The lowest BCUT2D eigenvalue weighted by Gasteiger charge is -2.22. The highest BCUT2D eigenvalue weighted by Crippen LogP contribution is 2.29. The van der Waals surface area contributed by atoms with Crippen LogP contribution in [0.3, 0.4) is 0 Å². The van der Waals surface area contributed by atoms with Gasteiger partial charge >= 0.3 is 5.97 Å². The molecule has 1 aliphatic carbocycles. The van der Waals surface area contributed by atoms with Crippen LogP contribution in [0.5, 0.6) is 0 Å². The summed E-state index contributed by atoms with van der Waals surface area (Å²) >= 11 is 0. The molecule has 1 saturated carbocycles. The number of pyridine rings is 1. The SMILES string of the molecule is COC(=O)c1cc(N)cnc1NC(C)C1CCCC1. The van der Waals surface area contributed by atoms with Gasteiger partial charge in [-0.25, -0.2) is 9.78 Å². The Morgan fingerprint density at radius 2 is 2.21 bits per heavy atom. The maximum absolute atomic E-state index is 11.7. The van der Waals surface area contributed by atoms with Gasteiger partial charge < -0.3 is 15.8 Å². The van der Waals surface area contributed by atoms with Gasteiger partial charge in [0, 0.05) is 6.04 Å². The zero-order chi connectivity index (χ0) is 13.8. The van der Waals surface area contributed by atoms with Gasteiger partial charge in [-0.3, -0.25) is 0 Å². The first-order chi connectivity index (χ1) is 9.11. The lowest BCUT2D eigenvalue weighted by Crippen LogP contribution is -2.25. The number of methoxy groups -OCH3 is 1. The summed E-state index contributed by atoms with van der Waals surface area (Å²) in [6, 6.07) is 1.89. The van der Waals surface area contributed by atoms with Crippen molar-refractivity contribution in [1.29, 1.82) is 0 Å². The molecule has 1 aromatic heterocycles. The molecule has 1 aromatic rings. The minimum atomic E-state index is -0.416. The van der Waals surface area contributed by atoms with E-state index in [0.29, 0.717) is 29.0 Å². The maximum atomic E-state index is 11.7. The van der Waals surface area contributed by atoms with Crippen molar-refractivity contribution in [3.05, 3.63) is 17.8 Å². The van der Waals surface area contributed by atoms with Gasteiger partial charge in [-0.05, 0) is 31.7 Å². The number of carbonyl (C=O) groups is 1. The third kappa shape index (κ3) is 3.16. The molecular formula is C14H21N3O2. The van der Waals surface area contributed by atoms with E-state index in [2.05, 4.69) is 17.2 Å². The molecule has 0 bridgehead atoms. The number of nitrogens with zero attached hydrogens (tertiary/aromatic N) is 1. The third-order valence-corrected chi connectivity index (χ3v) is 3.79. The summed E-state index contributed by atoms with van der Waals surface area (Å²) in [7, 11) is 1.36. The zero-order valence-corrected chi connectivity index (χ0v) is 11.5. The Morgan fingerprint density at radius 3 is 2.84 bits per heavy atom. The summed E-state index contributed by atoms with van der Waals surface area (Å²) in [6.45, 7) is 2.13. The monoisotopic (exact) mass is 263 g/mol. The standard InChI is InChI=1S/C14H21N3O2/c1-9(10-5-3-4-6-10)17-13-12(14(18)19-2)7-11(15)8-16-13/h7-10H,3-6,15H2,1-2H3,(H,16,17). The molecule has 2 rings (SSSR count). The summed E-state index contributed by atoms with van der Waals surface area (Å²) in [4.78, 5) is 16.0. The van der Waals surface area contributed by atoms with Crippen molar-refractivity contribution in [2.24, 2.45) is 5.92 Å². The average molecular weight is 263 g/mol. The van der Waals surface area contributed by atoms with E-state index in [0.717, 1.165) is 0 Å². The highest BCUT2D eigenvalue weighted by molar-refractivity contribution is 5.95. The van der Waals surface area contributed by atoms with Crippen LogP contribution in [-0.4, -0.2) is 24.1 Å². The second kappa shape index (κ2) is 5.91. The summed E-state index contributed by atoms with van der Waals surface area (Å²) < 4.78 is 4.76. The van der Waals surface area contributed by atoms with Gasteiger partial charge in [-0.1, -0.05) is 12.8 Å². The van der Waals surface area contributed by atoms with Gasteiger partial charge in [0.15, 0.2) is 0 Å². The Hall–Kier alpha value is -1.78. The van der Waals surface area contributed by atoms with Crippen molar-refractivity contribution in [3.63, 3.8) is 0 Å². The fraction of sp³-hybridized carbons (Fsp3) is 0.571. The minimum absolute atomic E-state index is 0.294. The smallest absolute Gasteiger partial charge is 0.341 e. The van der Waals surface area contributed by atoms with E-state index in [1.807, 2.05) is 0 Å². The first-order valence-corrected chi connectivity index (χ1v) is 6.72. The van der Waals surface area contributed by atoms with Gasteiger partial charge in [-0.15, -0.1) is 0 Å². The molecule has 0 aliphatic heterocycles. The zero-order valence-electron chi connectivity index (χ0n) is 11.5. The number of rotatable bonds is 4. The molecule has 19 heavy (non-hydrogen) atoms. The van der Waals surface area contributed by atoms with Crippen LogP contribution < -0.4 is 11.1 Å². The number of esters is 1. The van der Waals surface area contributed by atoms with Crippen LogP contribution in [0.1, 0.15) is 43.0 Å². The summed E-state index contributed by atoms with van der Waals surface area (Å²) in [5, 5.41) is 3.33. The van der Waals surface area contributed by atoms with Crippen molar-refractivity contribution < 1.29 is 9.53 Å². The van der Waals surface area contributed by atoms with Crippen LogP contribution in [0.2, 0.25) is 0 Å². The van der Waals surface area contributed by atoms with Crippen LogP contribution in [-0.2, 0) is 4.74 Å². The first kappa shape index (κ1) is 13.6. The van der Waals surface area contributed by atoms with Crippen LogP contribution in [0.4, 0.5) is 11.5 Å². The quantitative estimate of drug-likeness (QED) is 0.816. The molecule has 3 N–H and O–H groups in total. The molecule has 1 fully saturated rings. The molecule has 0 amide bonds. The van der Waals surface area contributed by atoms with E-state index < -0.39 is 5.97 Å². The Kier molecular flexibility index (Phi) is 4.24. The number of nitrogen functional groups attached to an aromatic ring is 1. The highest BCUT2D eigenvalue weighted by atomic mass is 16.5. The van der Waals surface area contributed by atoms with Crippen LogP contribution in [0.25, 0.3) is 0 Å². The second-order valence-electron chi connectivity index (χ2n) is 5.13. The van der Waals surface area contributed by atoms with Crippen LogP contribution in [0, 0.1) is 5.92 Å². The number of anilines is 2. The van der Waals surface area contributed by atoms with E-state index in [1.165, 1.54) is 32.8 Å². The molecular weight excluding hydrogens is 242 g/mol. The Morgan fingerprint density at radius 1 is 1.53 bits per heavy atom. The average Bonchev–Trinajstić information content (AvgIpc) is 2.94. The summed E-state index contributed by atoms with van der Waals surface area (Å²) in [5.74, 6) is 0.784. The van der Waals surface area contributed by atoms with E-state index in [1.54, 1.807) is 12.3 Å². The highest BCUT2D eigenvalue weighted by Gasteiger charge is 2.23. The number of nitrogens with two attached hydrogens (primary N) is 1. The number of hydrogen-bond donors (Lipinski definition) is 2. The predicted octanol–water partition coefficient (Wildman–Crippen LogP) is 2.44. The summed E-state index contributed by atoms with van der Waals surface area (Å²) in [5.41, 5.74) is 6.53. The normalized spacial score (nSPS) is 17.2. The Bertz CT molecular complexity index is 456. The van der Waals surface area contributed by atoms with Crippen molar-refractivity contribution in [1.82, 2.24) is 4.98 Å². The van der Waals surface area contributed by atoms with Crippen LogP contribution >= 0.6 is 0 Å². The molecule has 0 saturated heterocycles. The maximum Gasteiger partial charge on any atom is 0.341 e. The van der Waals surface area contributed by atoms with E-state index in [9.17, 15) is 4.79 Å². The molecule has 1 unspecified atom stereocenters.